The average Bonchev–Trinajstić information content (AvgIpc) is 2.64. The number of carbonyl (C=O) groups is 1. The lowest BCUT2D eigenvalue weighted by atomic mass is 9.92. The monoisotopic (exact) mass is 326 g/mol. The van der Waals surface area contributed by atoms with E-state index in [1.165, 1.54) is 0 Å². The van der Waals surface area contributed by atoms with E-state index in [1.807, 2.05) is 36.4 Å². The zero-order valence-corrected chi connectivity index (χ0v) is 13.5. The highest BCUT2D eigenvalue weighted by Crippen LogP contribution is 2.23. The molecule has 1 fully saturated rings. The topological polar surface area (TPSA) is 71.5 Å². The number of amides is 1. The maximum Gasteiger partial charge on any atom is 0.253 e. The van der Waals surface area contributed by atoms with Crippen LogP contribution in [0.2, 0.25) is 0 Å². The first-order valence-electron chi connectivity index (χ1n) is 8.33. The minimum atomic E-state index is -1.12. The van der Waals surface area contributed by atoms with Crippen LogP contribution in [0.15, 0.2) is 54.7 Å². The fraction of sp³-hybridized carbons (Fsp3) is 0.368. The Balaban J connectivity index is 1.46. The van der Waals surface area contributed by atoms with Crippen molar-refractivity contribution in [2.45, 2.75) is 43.9 Å². The molecule has 0 unspecified atom stereocenters. The number of ether oxygens (including phenoxy) is 1. The van der Waals surface area contributed by atoms with Crippen LogP contribution in [0.4, 0.5) is 0 Å². The van der Waals surface area contributed by atoms with Crippen molar-refractivity contribution in [1.29, 1.82) is 0 Å². The number of aromatic nitrogens is 1. The fourth-order valence-electron chi connectivity index (χ4n) is 2.98. The van der Waals surface area contributed by atoms with Crippen LogP contribution in [0.1, 0.15) is 37.4 Å². The first-order valence-corrected chi connectivity index (χ1v) is 8.33. The van der Waals surface area contributed by atoms with Crippen molar-refractivity contribution in [3.8, 4) is 5.88 Å². The Labute approximate surface area is 141 Å². The summed E-state index contributed by atoms with van der Waals surface area (Å²) in [5, 5.41) is 13.1. The number of nitrogens with one attached hydrogen (secondary N) is 1. The van der Waals surface area contributed by atoms with Gasteiger partial charge in [-0.1, -0.05) is 36.4 Å². The molecule has 1 amide bonds. The lowest BCUT2D eigenvalue weighted by Gasteiger charge is -2.29. The predicted octanol–water partition coefficient (Wildman–Crippen LogP) is 2.62. The van der Waals surface area contributed by atoms with Crippen molar-refractivity contribution in [3.63, 3.8) is 0 Å². The number of hydrogen-bond acceptors (Lipinski definition) is 4. The third-order valence-electron chi connectivity index (χ3n) is 4.31. The van der Waals surface area contributed by atoms with Gasteiger partial charge in [0.2, 0.25) is 5.88 Å². The molecule has 0 saturated heterocycles. The highest BCUT2D eigenvalue weighted by Gasteiger charge is 2.26. The zero-order valence-electron chi connectivity index (χ0n) is 13.5. The number of pyridine rings is 1. The average molecular weight is 326 g/mol. The summed E-state index contributed by atoms with van der Waals surface area (Å²) in [5.41, 5.74) is 0.613. The fourth-order valence-corrected chi connectivity index (χ4v) is 2.98. The number of carbonyl (C=O) groups excluding carboxylic acids is 1. The summed E-state index contributed by atoms with van der Waals surface area (Å²) < 4.78 is 5.85. The van der Waals surface area contributed by atoms with Crippen LogP contribution in [-0.4, -0.2) is 28.1 Å². The molecule has 0 bridgehead atoms. The van der Waals surface area contributed by atoms with Crippen molar-refractivity contribution in [1.82, 2.24) is 10.3 Å². The molecule has 2 N–H and O–H groups in total. The number of rotatable bonds is 5. The van der Waals surface area contributed by atoms with E-state index < -0.39 is 6.10 Å². The maximum atomic E-state index is 12.2. The molecule has 0 spiro atoms. The molecule has 0 radical (unpaired) electrons. The van der Waals surface area contributed by atoms with E-state index in [9.17, 15) is 9.90 Å². The number of benzene rings is 1. The minimum absolute atomic E-state index is 0.0828. The van der Waals surface area contributed by atoms with Gasteiger partial charge in [0.25, 0.3) is 5.91 Å². The van der Waals surface area contributed by atoms with Crippen LogP contribution in [0, 0.1) is 0 Å². The van der Waals surface area contributed by atoms with Gasteiger partial charge >= 0.3 is 0 Å². The largest absolute Gasteiger partial charge is 0.474 e. The smallest absolute Gasteiger partial charge is 0.253 e. The third kappa shape index (κ3) is 4.32. The van der Waals surface area contributed by atoms with Crippen LogP contribution in [0.25, 0.3) is 0 Å². The van der Waals surface area contributed by atoms with Gasteiger partial charge in [0.15, 0.2) is 6.10 Å². The highest BCUT2D eigenvalue weighted by atomic mass is 16.5. The van der Waals surface area contributed by atoms with E-state index in [2.05, 4.69) is 10.3 Å². The molecule has 1 saturated carbocycles. The molecule has 5 heteroatoms. The molecule has 2 aromatic rings. The van der Waals surface area contributed by atoms with Crippen molar-refractivity contribution in [2.75, 3.05) is 0 Å². The van der Waals surface area contributed by atoms with Crippen LogP contribution in [0.5, 0.6) is 5.88 Å². The first-order chi connectivity index (χ1) is 11.7. The second kappa shape index (κ2) is 7.93. The molecular formula is C19H22N2O3. The number of nitrogens with zero attached hydrogens (tertiary/aromatic N) is 1. The highest BCUT2D eigenvalue weighted by molar-refractivity contribution is 5.82. The zero-order chi connectivity index (χ0) is 16.8. The quantitative estimate of drug-likeness (QED) is 0.886. The molecule has 0 aliphatic heterocycles. The van der Waals surface area contributed by atoms with Gasteiger partial charge in [-0.05, 0) is 37.3 Å². The van der Waals surface area contributed by atoms with Gasteiger partial charge in [-0.3, -0.25) is 4.79 Å². The van der Waals surface area contributed by atoms with Gasteiger partial charge in [0.05, 0.1) is 0 Å². The molecule has 126 valence electrons. The van der Waals surface area contributed by atoms with Gasteiger partial charge < -0.3 is 15.2 Å². The predicted molar refractivity (Wildman–Crippen MR) is 90.5 cm³/mol. The second-order valence-electron chi connectivity index (χ2n) is 6.08. The van der Waals surface area contributed by atoms with Crippen molar-refractivity contribution in [3.05, 3.63) is 60.3 Å². The molecule has 1 heterocycles. The molecule has 1 aromatic heterocycles. The van der Waals surface area contributed by atoms with E-state index in [4.69, 9.17) is 4.74 Å². The van der Waals surface area contributed by atoms with Crippen molar-refractivity contribution < 1.29 is 14.6 Å². The third-order valence-corrected chi connectivity index (χ3v) is 4.31. The number of aliphatic hydroxyl groups excluding tert-OH is 1. The van der Waals surface area contributed by atoms with E-state index in [-0.39, 0.29) is 18.1 Å². The van der Waals surface area contributed by atoms with Crippen molar-refractivity contribution >= 4 is 5.91 Å². The number of aliphatic hydroxyl groups is 1. The van der Waals surface area contributed by atoms with E-state index in [0.717, 1.165) is 25.7 Å². The molecule has 1 aromatic carbocycles. The second-order valence-corrected chi connectivity index (χ2v) is 6.08. The van der Waals surface area contributed by atoms with Gasteiger partial charge in [-0.2, -0.15) is 0 Å². The SMILES string of the molecule is O=C(NC1CCC(Oc2ccccn2)CC1)[C@H](O)c1ccccc1. The Kier molecular flexibility index (Phi) is 5.43. The molecule has 1 aliphatic carbocycles. The van der Waals surface area contributed by atoms with E-state index >= 15 is 0 Å². The molecule has 3 rings (SSSR count). The van der Waals surface area contributed by atoms with Gasteiger partial charge in [0.1, 0.15) is 6.10 Å². The molecule has 1 aliphatic rings. The Morgan fingerprint density at radius 1 is 1.08 bits per heavy atom. The summed E-state index contributed by atoms with van der Waals surface area (Å²) in [5.74, 6) is 0.305. The van der Waals surface area contributed by atoms with Crippen LogP contribution >= 0.6 is 0 Å². The van der Waals surface area contributed by atoms with Crippen LogP contribution in [-0.2, 0) is 4.79 Å². The summed E-state index contributed by atoms with van der Waals surface area (Å²) in [6, 6.07) is 14.7. The molecule has 5 nitrogen and oxygen atoms in total. The van der Waals surface area contributed by atoms with Crippen LogP contribution in [0.3, 0.4) is 0 Å². The van der Waals surface area contributed by atoms with Gasteiger partial charge in [-0.25, -0.2) is 4.98 Å². The summed E-state index contributed by atoms with van der Waals surface area (Å²) in [7, 11) is 0. The molecule has 1 atom stereocenters. The first kappa shape index (κ1) is 16.5. The maximum absolute atomic E-state index is 12.2. The summed E-state index contributed by atoms with van der Waals surface area (Å²) >= 11 is 0. The Morgan fingerprint density at radius 3 is 2.46 bits per heavy atom. The molecular weight excluding hydrogens is 304 g/mol. The van der Waals surface area contributed by atoms with E-state index in [1.54, 1.807) is 18.3 Å². The standard InChI is InChI=1S/C19H22N2O3/c22-18(14-6-2-1-3-7-14)19(23)21-15-9-11-16(12-10-15)24-17-8-4-5-13-20-17/h1-8,13,15-16,18,22H,9-12H2,(H,21,23)/t15?,16?,18-/m1/s1. The Morgan fingerprint density at radius 2 is 1.79 bits per heavy atom. The van der Waals surface area contributed by atoms with Gasteiger partial charge in [-0.15, -0.1) is 0 Å². The minimum Gasteiger partial charge on any atom is -0.474 e. The lowest BCUT2D eigenvalue weighted by molar-refractivity contribution is -0.130. The summed E-state index contributed by atoms with van der Waals surface area (Å²) in [4.78, 5) is 16.4. The molecule has 24 heavy (non-hydrogen) atoms. The van der Waals surface area contributed by atoms with Gasteiger partial charge in [0, 0.05) is 18.3 Å². The lowest BCUT2D eigenvalue weighted by Crippen LogP contribution is -2.41. The van der Waals surface area contributed by atoms with Crippen molar-refractivity contribution in [2.24, 2.45) is 0 Å². The summed E-state index contributed by atoms with van der Waals surface area (Å²) in [6.07, 6.45) is 4.13. The Hall–Kier alpha value is -2.40. The number of hydrogen-bond donors (Lipinski definition) is 2. The summed E-state index contributed by atoms with van der Waals surface area (Å²) in [6.45, 7) is 0. The van der Waals surface area contributed by atoms with E-state index in [0.29, 0.717) is 11.4 Å². The normalized spacial score (nSPS) is 21.7. The van der Waals surface area contributed by atoms with Crippen LogP contribution < -0.4 is 10.1 Å². The Bertz CT molecular complexity index is 640.